The van der Waals surface area contributed by atoms with Gasteiger partial charge in [0.15, 0.2) is 5.69 Å². The van der Waals surface area contributed by atoms with E-state index >= 15 is 0 Å². The smallest absolute Gasteiger partial charge is 0.357 e. The number of ether oxygens (including phenoxy) is 1. The van der Waals surface area contributed by atoms with Crippen molar-refractivity contribution in [3.63, 3.8) is 0 Å². The number of nitrogens with zero attached hydrogens (tertiary/aromatic N) is 2. The van der Waals surface area contributed by atoms with Gasteiger partial charge in [-0.3, -0.25) is 0 Å². The lowest BCUT2D eigenvalue weighted by atomic mass is 9.95. The van der Waals surface area contributed by atoms with E-state index < -0.39 is 16.0 Å². The summed E-state index contributed by atoms with van der Waals surface area (Å²) in [6.07, 6.45) is 4.84. The number of carbonyl (C=O) groups excluding carboxylic acids is 1. The molecule has 0 aliphatic heterocycles. The molecule has 3 rings (SSSR count). The number of rotatable bonds is 6. The molecule has 1 aromatic heterocycles. The second-order valence-corrected chi connectivity index (χ2v) is 10.2. The number of methoxy groups -OCH3 is 1. The Kier molecular flexibility index (Phi) is 6.67. The van der Waals surface area contributed by atoms with Crippen LogP contribution in [0.4, 0.5) is 0 Å². The number of sulfonamides is 1. The topological polar surface area (TPSA) is 76.6 Å². The summed E-state index contributed by atoms with van der Waals surface area (Å²) >= 11 is 4.62. The van der Waals surface area contributed by atoms with Crippen molar-refractivity contribution in [1.29, 1.82) is 0 Å². The molecule has 9 heteroatoms. The number of benzene rings is 1. The molecule has 0 spiro atoms. The standard InChI is InChI=1S/C18H21BrN2O4S2/c1-25-18(22)16-12-26-17(20-16)11-21(14-5-3-2-4-6-14)27(23,24)15-9-7-13(19)8-10-15/h7-10,12,14H,2-6,11H2,1H3. The molecule has 1 aromatic carbocycles. The zero-order valence-corrected chi connectivity index (χ0v) is 18.1. The molecule has 0 bridgehead atoms. The maximum absolute atomic E-state index is 13.3. The molecule has 1 fully saturated rings. The normalized spacial score (nSPS) is 15.8. The molecule has 1 saturated carbocycles. The van der Waals surface area contributed by atoms with E-state index in [9.17, 15) is 13.2 Å². The monoisotopic (exact) mass is 472 g/mol. The first-order chi connectivity index (χ1) is 12.9. The third-order valence-electron chi connectivity index (χ3n) is 4.64. The Labute approximate surface area is 171 Å². The summed E-state index contributed by atoms with van der Waals surface area (Å²) in [5.74, 6) is -0.516. The number of hydrogen-bond acceptors (Lipinski definition) is 6. The average Bonchev–Trinajstić information content (AvgIpc) is 3.15. The van der Waals surface area contributed by atoms with Crippen molar-refractivity contribution in [3.05, 3.63) is 44.8 Å². The highest BCUT2D eigenvalue weighted by Crippen LogP contribution is 2.30. The van der Waals surface area contributed by atoms with Gasteiger partial charge >= 0.3 is 5.97 Å². The SMILES string of the molecule is COC(=O)c1csc(CN(C2CCCCC2)S(=O)(=O)c2ccc(Br)cc2)n1. The molecule has 27 heavy (non-hydrogen) atoms. The molecule has 0 N–H and O–H groups in total. The van der Waals surface area contributed by atoms with Crippen molar-refractivity contribution >= 4 is 43.3 Å². The second-order valence-electron chi connectivity index (χ2n) is 6.41. The first kappa shape index (κ1) is 20.4. The summed E-state index contributed by atoms with van der Waals surface area (Å²) in [4.78, 5) is 16.2. The van der Waals surface area contributed by atoms with E-state index in [-0.39, 0.29) is 23.2 Å². The molecule has 0 radical (unpaired) electrons. The molecule has 1 heterocycles. The van der Waals surface area contributed by atoms with Crippen molar-refractivity contribution in [3.8, 4) is 0 Å². The van der Waals surface area contributed by atoms with Crippen molar-refractivity contribution in [2.75, 3.05) is 7.11 Å². The number of hydrogen-bond donors (Lipinski definition) is 0. The highest BCUT2D eigenvalue weighted by Gasteiger charge is 2.33. The van der Waals surface area contributed by atoms with Gasteiger partial charge in [-0.05, 0) is 37.1 Å². The molecule has 0 amide bonds. The Hall–Kier alpha value is -1.29. The maximum atomic E-state index is 13.3. The summed E-state index contributed by atoms with van der Waals surface area (Å²) in [6.45, 7) is 0.157. The summed E-state index contributed by atoms with van der Waals surface area (Å²) in [5, 5.41) is 2.19. The molecular formula is C18H21BrN2O4S2. The van der Waals surface area contributed by atoms with E-state index in [2.05, 4.69) is 25.7 Å². The van der Waals surface area contributed by atoms with Crippen LogP contribution in [0, 0.1) is 0 Å². The molecule has 2 aromatic rings. The molecule has 146 valence electrons. The van der Waals surface area contributed by atoms with Gasteiger partial charge in [-0.25, -0.2) is 18.2 Å². The van der Waals surface area contributed by atoms with Gasteiger partial charge in [0.2, 0.25) is 10.0 Å². The van der Waals surface area contributed by atoms with Gasteiger partial charge in [0.05, 0.1) is 18.6 Å². The minimum atomic E-state index is -3.67. The fourth-order valence-electron chi connectivity index (χ4n) is 3.24. The number of esters is 1. The predicted molar refractivity (Wildman–Crippen MR) is 107 cm³/mol. The summed E-state index contributed by atoms with van der Waals surface area (Å²) < 4.78 is 33.7. The summed E-state index contributed by atoms with van der Waals surface area (Å²) in [7, 11) is -2.37. The quantitative estimate of drug-likeness (QED) is 0.588. The van der Waals surface area contributed by atoms with Gasteiger partial charge < -0.3 is 4.74 Å². The number of halogens is 1. The van der Waals surface area contributed by atoms with E-state index in [1.165, 1.54) is 18.4 Å². The van der Waals surface area contributed by atoms with Crippen LogP contribution >= 0.6 is 27.3 Å². The Morgan fingerprint density at radius 1 is 1.26 bits per heavy atom. The minimum absolute atomic E-state index is 0.0575. The van der Waals surface area contributed by atoms with E-state index in [1.54, 1.807) is 34.0 Å². The van der Waals surface area contributed by atoms with Crippen LogP contribution in [0.1, 0.15) is 47.6 Å². The molecule has 1 aliphatic rings. The van der Waals surface area contributed by atoms with Gasteiger partial charge in [-0.15, -0.1) is 11.3 Å². The molecular weight excluding hydrogens is 452 g/mol. The lowest BCUT2D eigenvalue weighted by Crippen LogP contribution is -2.40. The van der Waals surface area contributed by atoms with E-state index in [0.717, 1.165) is 36.6 Å². The summed E-state index contributed by atoms with van der Waals surface area (Å²) in [5.41, 5.74) is 0.210. The van der Waals surface area contributed by atoms with Crippen LogP contribution < -0.4 is 0 Å². The Balaban J connectivity index is 1.92. The van der Waals surface area contributed by atoms with E-state index in [0.29, 0.717) is 5.01 Å². The number of thiazole rings is 1. The lowest BCUT2D eigenvalue weighted by Gasteiger charge is -2.33. The molecule has 0 saturated heterocycles. The van der Waals surface area contributed by atoms with Crippen LogP contribution in [0.2, 0.25) is 0 Å². The molecule has 1 aliphatic carbocycles. The Morgan fingerprint density at radius 3 is 2.56 bits per heavy atom. The number of aromatic nitrogens is 1. The zero-order valence-electron chi connectivity index (χ0n) is 14.9. The predicted octanol–water partition coefficient (Wildman–Crippen LogP) is 4.22. The van der Waals surface area contributed by atoms with Crippen molar-refractivity contribution in [2.24, 2.45) is 0 Å². The van der Waals surface area contributed by atoms with Crippen molar-refractivity contribution in [2.45, 2.75) is 49.6 Å². The van der Waals surface area contributed by atoms with Crippen LogP contribution in [-0.4, -0.2) is 36.8 Å². The van der Waals surface area contributed by atoms with Crippen molar-refractivity contribution < 1.29 is 17.9 Å². The number of carbonyl (C=O) groups is 1. The van der Waals surface area contributed by atoms with Gasteiger partial charge in [-0.1, -0.05) is 35.2 Å². The first-order valence-electron chi connectivity index (χ1n) is 8.72. The molecule has 0 atom stereocenters. The van der Waals surface area contributed by atoms with E-state index in [4.69, 9.17) is 0 Å². The maximum Gasteiger partial charge on any atom is 0.357 e. The van der Waals surface area contributed by atoms with Crippen LogP contribution in [-0.2, 0) is 21.3 Å². The first-order valence-corrected chi connectivity index (χ1v) is 11.8. The largest absolute Gasteiger partial charge is 0.464 e. The van der Waals surface area contributed by atoms with Crippen LogP contribution in [0.3, 0.4) is 0 Å². The van der Waals surface area contributed by atoms with Crippen LogP contribution in [0.15, 0.2) is 39.0 Å². The zero-order chi connectivity index (χ0) is 19.4. The third-order valence-corrected chi connectivity index (χ3v) is 7.91. The minimum Gasteiger partial charge on any atom is -0.464 e. The van der Waals surface area contributed by atoms with E-state index in [1.807, 2.05) is 0 Å². The van der Waals surface area contributed by atoms with Gasteiger partial charge in [0.25, 0.3) is 0 Å². The highest BCUT2D eigenvalue weighted by atomic mass is 79.9. The van der Waals surface area contributed by atoms with Gasteiger partial charge in [0, 0.05) is 15.9 Å². The van der Waals surface area contributed by atoms with Crippen LogP contribution in [0.25, 0.3) is 0 Å². The van der Waals surface area contributed by atoms with Gasteiger partial charge in [-0.2, -0.15) is 4.31 Å². The average molecular weight is 473 g/mol. The second kappa shape index (κ2) is 8.81. The Morgan fingerprint density at radius 2 is 1.93 bits per heavy atom. The molecule has 0 unspecified atom stereocenters. The lowest BCUT2D eigenvalue weighted by molar-refractivity contribution is 0.0594. The van der Waals surface area contributed by atoms with Crippen molar-refractivity contribution in [1.82, 2.24) is 9.29 Å². The van der Waals surface area contributed by atoms with Gasteiger partial charge in [0.1, 0.15) is 5.01 Å². The highest BCUT2D eigenvalue weighted by molar-refractivity contribution is 9.10. The fourth-order valence-corrected chi connectivity index (χ4v) is 5.99. The third kappa shape index (κ3) is 4.77. The fraction of sp³-hybridized carbons (Fsp3) is 0.444. The summed E-state index contributed by atoms with van der Waals surface area (Å²) in [6, 6.07) is 6.61. The Bertz CT molecular complexity index is 890. The van der Waals surface area contributed by atoms with Crippen LogP contribution in [0.5, 0.6) is 0 Å². The molecule has 6 nitrogen and oxygen atoms in total.